The minimum absolute atomic E-state index is 0.133. The minimum Gasteiger partial charge on any atom is -0.399 e. The third kappa shape index (κ3) is 3.89. The smallest absolute Gasteiger partial charge is 0.227 e. The van der Waals surface area contributed by atoms with Gasteiger partial charge in [0.05, 0.1) is 6.42 Å². The maximum absolute atomic E-state index is 13.3. The molecule has 0 saturated carbocycles. The van der Waals surface area contributed by atoms with Crippen LogP contribution in [0.1, 0.15) is 24.0 Å². The van der Waals surface area contributed by atoms with Crippen molar-refractivity contribution in [3.8, 4) is 0 Å². The van der Waals surface area contributed by atoms with Gasteiger partial charge in [0, 0.05) is 18.3 Å². The lowest BCUT2D eigenvalue weighted by molar-refractivity contribution is -0.131. The molecule has 3 nitrogen and oxygen atoms in total. The Morgan fingerprint density at radius 3 is 2.70 bits per heavy atom. The minimum atomic E-state index is -0.222. The molecular weight excluding hydrogens is 291 g/mol. The summed E-state index contributed by atoms with van der Waals surface area (Å²) in [5.74, 6) is -0.0890. The molecule has 1 amide bonds. The number of carbonyl (C=O) groups excluding carboxylic acids is 1. The first-order chi connectivity index (χ1) is 11.1. The molecule has 0 aromatic heterocycles. The summed E-state index contributed by atoms with van der Waals surface area (Å²) in [5, 5.41) is 0. The fourth-order valence-electron chi connectivity index (χ4n) is 3.22. The maximum Gasteiger partial charge on any atom is 0.227 e. The molecule has 0 spiro atoms. The largest absolute Gasteiger partial charge is 0.399 e. The lowest BCUT2D eigenvalue weighted by Crippen LogP contribution is -2.37. The van der Waals surface area contributed by atoms with E-state index < -0.39 is 0 Å². The van der Waals surface area contributed by atoms with Gasteiger partial charge in [-0.05, 0) is 54.7 Å². The second kappa shape index (κ2) is 6.82. The van der Waals surface area contributed by atoms with Gasteiger partial charge >= 0.3 is 0 Å². The van der Waals surface area contributed by atoms with Gasteiger partial charge in [-0.3, -0.25) is 4.79 Å². The van der Waals surface area contributed by atoms with Crippen molar-refractivity contribution in [3.63, 3.8) is 0 Å². The molecule has 1 fully saturated rings. The van der Waals surface area contributed by atoms with Crippen molar-refractivity contribution < 1.29 is 9.18 Å². The summed E-state index contributed by atoms with van der Waals surface area (Å²) in [5.41, 5.74) is 8.29. The van der Waals surface area contributed by atoms with Gasteiger partial charge in [-0.25, -0.2) is 4.39 Å². The summed E-state index contributed by atoms with van der Waals surface area (Å²) in [4.78, 5) is 14.5. The fourth-order valence-corrected chi connectivity index (χ4v) is 3.22. The van der Waals surface area contributed by atoms with Crippen LogP contribution in [-0.4, -0.2) is 23.4 Å². The zero-order valence-corrected chi connectivity index (χ0v) is 13.0. The van der Waals surface area contributed by atoms with Crippen LogP contribution < -0.4 is 5.73 Å². The number of nitrogen functional groups attached to an aromatic ring is 1. The molecular formula is C19H21FN2O. The molecule has 0 unspecified atom stereocenters. The van der Waals surface area contributed by atoms with E-state index in [4.69, 9.17) is 5.73 Å². The second-order valence-electron chi connectivity index (χ2n) is 6.14. The standard InChI is InChI=1S/C19H21FN2O/c20-16-4-1-3-15(11-16)12-18-5-2-10-22(18)19(23)13-14-6-8-17(21)9-7-14/h1,3-4,6-9,11,18H,2,5,10,12-13,21H2/t18-/m1/s1. The van der Waals surface area contributed by atoms with Crippen LogP contribution in [0.2, 0.25) is 0 Å². The zero-order chi connectivity index (χ0) is 16.2. The van der Waals surface area contributed by atoms with Crippen molar-refractivity contribution in [1.29, 1.82) is 0 Å². The van der Waals surface area contributed by atoms with E-state index in [1.165, 1.54) is 6.07 Å². The molecule has 0 aliphatic carbocycles. The Balaban J connectivity index is 1.66. The Morgan fingerprint density at radius 2 is 1.96 bits per heavy atom. The normalized spacial score (nSPS) is 17.4. The monoisotopic (exact) mass is 312 g/mol. The molecule has 120 valence electrons. The van der Waals surface area contributed by atoms with E-state index >= 15 is 0 Å². The summed E-state index contributed by atoms with van der Waals surface area (Å²) in [6.07, 6.45) is 3.09. The van der Waals surface area contributed by atoms with Crippen LogP contribution in [0.25, 0.3) is 0 Å². The highest BCUT2D eigenvalue weighted by Gasteiger charge is 2.28. The average Bonchev–Trinajstić information content (AvgIpc) is 2.98. The number of nitrogens with two attached hydrogens (primary N) is 1. The third-order valence-electron chi connectivity index (χ3n) is 4.39. The Hall–Kier alpha value is -2.36. The van der Waals surface area contributed by atoms with Crippen LogP contribution in [-0.2, 0) is 17.6 Å². The Labute approximate surface area is 135 Å². The van der Waals surface area contributed by atoms with E-state index in [0.29, 0.717) is 18.5 Å². The fraction of sp³-hybridized carbons (Fsp3) is 0.316. The molecule has 2 aromatic carbocycles. The first kappa shape index (κ1) is 15.5. The number of halogens is 1. The number of nitrogens with zero attached hydrogens (tertiary/aromatic N) is 1. The van der Waals surface area contributed by atoms with Crippen LogP contribution in [0.3, 0.4) is 0 Å². The maximum atomic E-state index is 13.3. The summed E-state index contributed by atoms with van der Waals surface area (Å²) in [6, 6.07) is 14.2. The van der Waals surface area contributed by atoms with Crippen molar-refractivity contribution in [2.24, 2.45) is 0 Å². The van der Waals surface area contributed by atoms with E-state index in [-0.39, 0.29) is 17.8 Å². The Bertz CT molecular complexity index is 684. The van der Waals surface area contributed by atoms with Gasteiger partial charge in [0.25, 0.3) is 0 Å². The van der Waals surface area contributed by atoms with E-state index in [1.807, 2.05) is 35.2 Å². The van der Waals surface area contributed by atoms with E-state index in [0.717, 1.165) is 30.5 Å². The van der Waals surface area contributed by atoms with E-state index in [1.54, 1.807) is 12.1 Å². The lowest BCUT2D eigenvalue weighted by Gasteiger charge is -2.25. The Morgan fingerprint density at radius 1 is 1.17 bits per heavy atom. The molecule has 1 aliphatic heterocycles. The van der Waals surface area contributed by atoms with Crippen LogP contribution in [0.5, 0.6) is 0 Å². The number of rotatable bonds is 4. The van der Waals surface area contributed by atoms with Gasteiger partial charge in [-0.2, -0.15) is 0 Å². The van der Waals surface area contributed by atoms with Crippen LogP contribution >= 0.6 is 0 Å². The zero-order valence-electron chi connectivity index (χ0n) is 13.0. The van der Waals surface area contributed by atoms with Crippen molar-refractivity contribution in [2.75, 3.05) is 12.3 Å². The van der Waals surface area contributed by atoms with E-state index in [9.17, 15) is 9.18 Å². The summed E-state index contributed by atoms with van der Waals surface area (Å²) in [7, 11) is 0. The van der Waals surface area contributed by atoms with Gasteiger partial charge in [0.15, 0.2) is 0 Å². The molecule has 23 heavy (non-hydrogen) atoms. The van der Waals surface area contributed by atoms with Crippen LogP contribution in [0.15, 0.2) is 48.5 Å². The van der Waals surface area contributed by atoms with Crippen molar-refractivity contribution in [3.05, 3.63) is 65.5 Å². The van der Waals surface area contributed by atoms with Gasteiger partial charge in [-0.15, -0.1) is 0 Å². The lowest BCUT2D eigenvalue weighted by atomic mass is 10.0. The average molecular weight is 312 g/mol. The highest BCUT2D eigenvalue weighted by molar-refractivity contribution is 5.79. The quantitative estimate of drug-likeness (QED) is 0.881. The first-order valence-corrected chi connectivity index (χ1v) is 8.00. The van der Waals surface area contributed by atoms with Gasteiger partial charge in [0.2, 0.25) is 5.91 Å². The summed E-state index contributed by atoms with van der Waals surface area (Å²) >= 11 is 0. The molecule has 2 N–H and O–H groups in total. The summed E-state index contributed by atoms with van der Waals surface area (Å²) in [6.45, 7) is 0.786. The highest BCUT2D eigenvalue weighted by atomic mass is 19.1. The molecule has 3 rings (SSSR count). The molecule has 2 aromatic rings. The van der Waals surface area contributed by atoms with Crippen molar-refractivity contribution in [2.45, 2.75) is 31.7 Å². The Kier molecular flexibility index (Phi) is 4.60. The van der Waals surface area contributed by atoms with E-state index in [2.05, 4.69) is 0 Å². The first-order valence-electron chi connectivity index (χ1n) is 8.00. The SMILES string of the molecule is Nc1ccc(CC(=O)N2CCC[C@@H]2Cc2cccc(F)c2)cc1. The number of carbonyl (C=O) groups is 1. The van der Waals surface area contributed by atoms with Gasteiger partial charge < -0.3 is 10.6 Å². The predicted molar refractivity (Wildman–Crippen MR) is 89.4 cm³/mol. The second-order valence-corrected chi connectivity index (χ2v) is 6.14. The number of anilines is 1. The highest BCUT2D eigenvalue weighted by Crippen LogP contribution is 2.22. The number of likely N-dealkylation sites (tertiary alicyclic amines) is 1. The molecule has 4 heteroatoms. The van der Waals surface area contributed by atoms with Gasteiger partial charge in [-0.1, -0.05) is 24.3 Å². The van der Waals surface area contributed by atoms with Crippen molar-refractivity contribution >= 4 is 11.6 Å². The van der Waals surface area contributed by atoms with Crippen molar-refractivity contribution in [1.82, 2.24) is 4.90 Å². The number of benzene rings is 2. The predicted octanol–water partition coefficient (Wildman–Crippen LogP) is 3.18. The molecule has 0 radical (unpaired) electrons. The van der Waals surface area contributed by atoms with Crippen LogP contribution in [0, 0.1) is 5.82 Å². The summed E-state index contributed by atoms with van der Waals surface area (Å²) < 4.78 is 13.3. The number of hydrogen-bond donors (Lipinski definition) is 1. The number of hydrogen-bond acceptors (Lipinski definition) is 2. The molecule has 1 atom stereocenters. The molecule has 0 bridgehead atoms. The number of amides is 1. The molecule has 1 saturated heterocycles. The van der Waals surface area contributed by atoms with Gasteiger partial charge in [0.1, 0.15) is 5.82 Å². The van der Waals surface area contributed by atoms with Crippen LogP contribution in [0.4, 0.5) is 10.1 Å². The molecule has 1 heterocycles. The molecule has 1 aliphatic rings. The topological polar surface area (TPSA) is 46.3 Å². The third-order valence-corrected chi connectivity index (χ3v) is 4.39.